The minimum Gasteiger partial charge on any atom is -0.394 e. The van der Waals surface area contributed by atoms with E-state index in [1.165, 1.54) is 122 Å². The van der Waals surface area contributed by atoms with Crippen LogP contribution in [0.4, 0.5) is 0 Å². The van der Waals surface area contributed by atoms with Gasteiger partial charge in [0.15, 0.2) is 18.9 Å². The van der Waals surface area contributed by atoms with E-state index < -0.39 is 130 Å². The van der Waals surface area contributed by atoms with E-state index in [0.717, 1.165) is 25.7 Å². The summed E-state index contributed by atoms with van der Waals surface area (Å²) in [5, 5.41) is 118. The van der Waals surface area contributed by atoms with Gasteiger partial charge in [-0.15, -0.1) is 0 Å². The molecule has 3 heterocycles. The standard InChI is InChI=1S/C47H89NO18/c1-3-4-5-6-7-8-9-10-11-12-13-14-15-16-17-18-19-20-21-22-23-24-25-32(53)31(48-30(2)52)29-61-45-41(59)38(56)43(34(27-50)63-45)66-47-42(60)39(57)44(35(28-51)64-47)65-46-40(58)37(55)36(54)33(26-49)62-46/h31-47,49-51,53-60H,3-29H2,1-2H3,(H,48,52). The number of ether oxygens (including phenoxy) is 6. The quantitative estimate of drug-likeness (QED) is 0.0399. The van der Waals surface area contributed by atoms with Gasteiger partial charge in [-0.25, -0.2) is 0 Å². The van der Waals surface area contributed by atoms with Crippen LogP contribution >= 0.6 is 0 Å². The van der Waals surface area contributed by atoms with E-state index in [4.69, 9.17) is 28.4 Å². The third-order valence-electron chi connectivity index (χ3n) is 13.2. The molecule has 3 saturated heterocycles. The van der Waals surface area contributed by atoms with Crippen LogP contribution in [0.5, 0.6) is 0 Å². The summed E-state index contributed by atoms with van der Waals surface area (Å²) >= 11 is 0. The largest absolute Gasteiger partial charge is 0.394 e. The molecule has 19 heteroatoms. The summed E-state index contributed by atoms with van der Waals surface area (Å²) in [6.07, 6.45) is 1.97. The highest BCUT2D eigenvalue weighted by Crippen LogP contribution is 2.33. The van der Waals surface area contributed by atoms with Crippen LogP contribution in [0.25, 0.3) is 0 Å². The zero-order chi connectivity index (χ0) is 48.4. The number of rotatable bonds is 35. The number of aliphatic hydroxyl groups is 11. The Morgan fingerprint density at radius 3 is 1.23 bits per heavy atom. The highest BCUT2D eigenvalue weighted by molar-refractivity contribution is 5.73. The lowest BCUT2D eigenvalue weighted by molar-refractivity contribution is -0.379. The van der Waals surface area contributed by atoms with Crippen LogP contribution in [0.2, 0.25) is 0 Å². The van der Waals surface area contributed by atoms with Crippen molar-refractivity contribution in [1.82, 2.24) is 5.32 Å². The lowest BCUT2D eigenvalue weighted by atomic mass is 9.96. The normalized spacial score (nSPS) is 33.7. The number of aliphatic hydroxyl groups excluding tert-OH is 11. The number of hydrogen-bond donors (Lipinski definition) is 12. The number of unbranched alkanes of at least 4 members (excludes halogenated alkanes) is 21. The van der Waals surface area contributed by atoms with Gasteiger partial charge in [0.05, 0.1) is 38.6 Å². The highest BCUT2D eigenvalue weighted by atomic mass is 16.8. The molecule has 17 atom stereocenters. The van der Waals surface area contributed by atoms with E-state index in [1.54, 1.807) is 0 Å². The molecular weight excluding hydrogens is 867 g/mol. The van der Waals surface area contributed by atoms with Gasteiger partial charge in [-0.05, 0) is 6.42 Å². The smallest absolute Gasteiger partial charge is 0.217 e. The van der Waals surface area contributed by atoms with Gasteiger partial charge in [0, 0.05) is 6.92 Å². The van der Waals surface area contributed by atoms with Crippen molar-refractivity contribution in [2.75, 3.05) is 26.4 Å². The second-order valence-corrected chi connectivity index (χ2v) is 18.7. The average molecular weight is 956 g/mol. The van der Waals surface area contributed by atoms with Gasteiger partial charge in [0.25, 0.3) is 0 Å². The molecular formula is C47H89NO18. The summed E-state index contributed by atoms with van der Waals surface area (Å²) < 4.78 is 33.7. The molecule has 0 radical (unpaired) electrons. The van der Waals surface area contributed by atoms with E-state index in [-0.39, 0.29) is 6.61 Å². The topological polar surface area (TPSA) is 307 Å². The Balaban J connectivity index is 1.33. The zero-order valence-electron chi connectivity index (χ0n) is 39.7. The first-order valence-corrected chi connectivity index (χ1v) is 25.2. The number of amides is 1. The fourth-order valence-corrected chi connectivity index (χ4v) is 9.05. The molecule has 0 saturated carbocycles. The predicted octanol–water partition coefficient (Wildman–Crippen LogP) is 1.31. The first-order chi connectivity index (χ1) is 31.8. The first kappa shape index (κ1) is 59.1. The SMILES string of the molecule is CCCCCCCCCCCCCCCCCCCCCCCCC(O)C(COC1OC(CO)C(OC2OC(CO)C(OC3OC(CO)C(O)C(O)C3O)C(O)C2O)C(O)C1O)NC(C)=O. The summed E-state index contributed by atoms with van der Waals surface area (Å²) in [6.45, 7) is 0.844. The van der Waals surface area contributed by atoms with Gasteiger partial charge in [0.2, 0.25) is 5.91 Å². The molecule has 3 rings (SSSR count). The third-order valence-corrected chi connectivity index (χ3v) is 13.2. The van der Waals surface area contributed by atoms with Crippen molar-refractivity contribution in [3.63, 3.8) is 0 Å². The molecule has 19 nitrogen and oxygen atoms in total. The van der Waals surface area contributed by atoms with Crippen molar-refractivity contribution in [3.05, 3.63) is 0 Å². The van der Waals surface area contributed by atoms with Crippen LogP contribution in [0.1, 0.15) is 162 Å². The molecule has 0 bridgehead atoms. The van der Waals surface area contributed by atoms with Gasteiger partial charge < -0.3 is 89.9 Å². The van der Waals surface area contributed by atoms with Gasteiger partial charge in [-0.2, -0.15) is 0 Å². The summed E-state index contributed by atoms with van der Waals surface area (Å²) in [4.78, 5) is 12.0. The van der Waals surface area contributed by atoms with Crippen LogP contribution in [0.3, 0.4) is 0 Å². The molecule has 66 heavy (non-hydrogen) atoms. The van der Waals surface area contributed by atoms with Crippen molar-refractivity contribution in [2.24, 2.45) is 0 Å². The van der Waals surface area contributed by atoms with E-state index >= 15 is 0 Å². The van der Waals surface area contributed by atoms with Crippen molar-refractivity contribution in [3.8, 4) is 0 Å². The van der Waals surface area contributed by atoms with Crippen molar-refractivity contribution < 1.29 is 89.4 Å². The summed E-state index contributed by atoms with van der Waals surface area (Å²) in [6, 6.07) is -0.882. The fraction of sp³-hybridized carbons (Fsp3) is 0.979. The molecule has 3 aliphatic heterocycles. The molecule has 12 N–H and O–H groups in total. The van der Waals surface area contributed by atoms with Gasteiger partial charge in [0.1, 0.15) is 73.2 Å². The van der Waals surface area contributed by atoms with Crippen LogP contribution in [-0.2, 0) is 33.2 Å². The van der Waals surface area contributed by atoms with E-state index in [0.29, 0.717) is 6.42 Å². The van der Waals surface area contributed by atoms with Crippen LogP contribution < -0.4 is 5.32 Å². The van der Waals surface area contributed by atoms with Gasteiger partial charge >= 0.3 is 0 Å². The fourth-order valence-electron chi connectivity index (χ4n) is 9.05. The Labute approximate surface area is 392 Å². The summed E-state index contributed by atoms with van der Waals surface area (Å²) in [5.74, 6) is -0.418. The Kier molecular flexibility index (Phi) is 29.9. The molecule has 1 amide bonds. The summed E-state index contributed by atoms with van der Waals surface area (Å²) in [7, 11) is 0. The molecule has 0 aromatic rings. The molecule has 3 fully saturated rings. The monoisotopic (exact) mass is 956 g/mol. The van der Waals surface area contributed by atoms with Crippen LogP contribution in [0, 0.1) is 0 Å². The number of hydrogen-bond acceptors (Lipinski definition) is 18. The highest BCUT2D eigenvalue weighted by Gasteiger charge is 2.53. The van der Waals surface area contributed by atoms with Crippen molar-refractivity contribution in [2.45, 2.75) is 266 Å². The maximum atomic E-state index is 12.0. The van der Waals surface area contributed by atoms with Gasteiger partial charge in [-0.1, -0.05) is 148 Å². The van der Waals surface area contributed by atoms with Crippen molar-refractivity contribution in [1.29, 1.82) is 0 Å². The molecule has 17 unspecified atom stereocenters. The van der Waals surface area contributed by atoms with E-state index in [2.05, 4.69) is 12.2 Å². The Morgan fingerprint density at radius 2 is 0.833 bits per heavy atom. The Hall–Kier alpha value is -1.21. The molecule has 3 aliphatic rings. The molecule has 0 aromatic heterocycles. The first-order valence-electron chi connectivity index (χ1n) is 25.2. The lowest BCUT2D eigenvalue weighted by Crippen LogP contribution is -2.66. The Bertz CT molecular complexity index is 1240. The lowest BCUT2D eigenvalue weighted by Gasteiger charge is -2.48. The number of carbonyl (C=O) groups excluding carboxylic acids is 1. The number of carbonyl (C=O) groups is 1. The molecule has 390 valence electrons. The van der Waals surface area contributed by atoms with Crippen LogP contribution in [0.15, 0.2) is 0 Å². The molecule has 0 aliphatic carbocycles. The molecule has 0 aromatic carbocycles. The second kappa shape index (κ2) is 33.4. The van der Waals surface area contributed by atoms with Crippen LogP contribution in [-0.4, -0.2) is 193 Å². The minimum atomic E-state index is -1.96. The maximum absolute atomic E-state index is 12.0. The zero-order valence-corrected chi connectivity index (χ0v) is 39.7. The second-order valence-electron chi connectivity index (χ2n) is 18.7. The maximum Gasteiger partial charge on any atom is 0.217 e. The number of nitrogens with one attached hydrogen (secondary N) is 1. The summed E-state index contributed by atoms with van der Waals surface area (Å²) in [5.41, 5.74) is 0. The van der Waals surface area contributed by atoms with Crippen molar-refractivity contribution >= 4 is 5.91 Å². The predicted molar refractivity (Wildman–Crippen MR) is 240 cm³/mol. The average Bonchev–Trinajstić information content (AvgIpc) is 3.30. The Morgan fingerprint density at radius 1 is 0.485 bits per heavy atom. The van der Waals surface area contributed by atoms with Gasteiger partial charge in [-0.3, -0.25) is 4.79 Å². The molecule has 0 spiro atoms. The third kappa shape index (κ3) is 19.9. The van der Waals surface area contributed by atoms with E-state index in [1.807, 2.05) is 0 Å². The van der Waals surface area contributed by atoms with E-state index in [9.17, 15) is 61.0 Å². The minimum absolute atomic E-state index is 0.317.